The van der Waals surface area contributed by atoms with Gasteiger partial charge in [0.1, 0.15) is 0 Å². The minimum Gasteiger partial charge on any atom is -0.0654 e. The van der Waals surface area contributed by atoms with Gasteiger partial charge in [-0.3, -0.25) is 0 Å². The highest BCUT2D eigenvalue weighted by atomic mass is 14.3. The van der Waals surface area contributed by atoms with Crippen molar-refractivity contribution in [1.29, 1.82) is 0 Å². The molecule has 0 saturated heterocycles. The van der Waals surface area contributed by atoms with Crippen molar-refractivity contribution in [3.05, 3.63) is 0 Å². The van der Waals surface area contributed by atoms with Gasteiger partial charge in [-0.25, -0.2) is 0 Å². The first-order chi connectivity index (χ1) is 7.60. The molecule has 0 spiro atoms. The van der Waals surface area contributed by atoms with Gasteiger partial charge in [-0.2, -0.15) is 0 Å². The highest BCUT2D eigenvalue weighted by Crippen LogP contribution is 2.36. The lowest BCUT2D eigenvalue weighted by molar-refractivity contribution is 0.195. The average molecular weight is 226 g/mol. The zero-order chi connectivity index (χ0) is 12.4. The molecule has 0 aromatic rings. The standard InChI is InChI=1S/C10H20.C6H14/c1-3-4-5-6-10-7-9(2)8-10;1-4-5-6(2)3/h9-10H,3-8H2,1-2H3;6H,4-5H2,1-3H3. The van der Waals surface area contributed by atoms with Gasteiger partial charge < -0.3 is 0 Å². The molecule has 16 heavy (non-hydrogen) atoms. The Hall–Kier alpha value is 0. The van der Waals surface area contributed by atoms with Gasteiger partial charge in [-0.1, -0.05) is 73.1 Å². The second-order valence-corrected chi connectivity index (χ2v) is 6.12. The van der Waals surface area contributed by atoms with Crippen LogP contribution in [0.1, 0.15) is 86.0 Å². The normalized spacial score (nSPS) is 23.6. The van der Waals surface area contributed by atoms with Gasteiger partial charge in [-0.15, -0.1) is 0 Å². The van der Waals surface area contributed by atoms with E-state index in [1.165, 1.54) is 51.4 Å². The van der Waals surface area contributed by atoms with Gasteiger partial charge in [0.15, 0.2) is 0 Å². The van der Waals surface area contributed by atoms with Crippen molar-refractivity contribution in [2.75, 3.05) is 0 Å². The van der Waals surface area contributed by atoms with Crippen LogP contribution >= 0.6 is 0 Å². The third-order valence-corrected chi connectivity index (χ3v) is 3.55. The molecule has 1 rings (SSSR count). The molecule has 0 unspecified atom stereocenters. The fourth-order valence-electron chi connectivity index (χ4n) is 2.57. The maximum Gasteiger partial charge on any atom is -0.0409 e. The van der Waals surface area contributed by atoms with Crippen molar-refractivity contribution in [3.63, 3.8) is 0 Å². The fraction of sp³-hybridized carbons (Fsp3) is 1.00. The Morgan fingerprint density at radius 1 is 1.00 bits per heavy atom. The van der Waals surface area contributed by atoms with E-state index >= 15 is 0 Å². The predicted octanol–water partition coefficient (Wildman–Crippen LogP) is 6.06. The smallest absolute Gasteiger partial charge is 0.0409 e. The summed E-state index contributed by atoms with van der Waals surface area (Å²) in [6.45, 7) is 11.4. The van der Waals surface area contributed by atoms with Crippen LogP contribution in [0, 0.1) is 17.8 Å². The van der Waals surface area contributed by atoms with Crippen LogP contribution in [-0.2, 0) is 0 Å². The first-order valence-electron chi connectivity index (χ1n) is 7.60. The highest BCUT2D eigenvalue weighted by molar-refractivity contribution is 4.75. The number of unbranched alkanes of at least 4 members (excludes halogenated alkanes) is 2. The van der Waals surface area contributed by atoms with E-state index in [4.69, 9.17) is 0 Å². The molecule has 0 nitrogen and oxygen atoms in total. The fourth-order valence-corrected chi connectivity index (χ4v) is 2.57. The summed E-state index contributed by atoms with van der Waals surface area (Å²) in [6.07, 6.45) is 11.6. The second kappa shape index (κ2) is 10.2. The molecule has 0 heterocycles. The lowest BCUT2D eigenvalue weighted by atomic mass is 9.74. The Labute approximate surface area is 104 Å². The lowest BCUT2D eigenvalue weighted by Crippen LogP contribution is -2.20. The van der Waals surface area contributed by atoms with Crippen LogP contribution < -0.4 is 0 Å². The summed E-state index contributed by atoms with van der Waals surface area (Å²) in [7, 11) is 0. The largest absolute Gasteiger partial charge is 0.0654 e. The van der Waals surface area contributed by atoms with Gasteiger partial charge in [0, 0.05) is 0 Å². The minimum atomic E-state index is 0.898. The quantitative estimate of drug-likeness (QED) is 0.483. The van der Waals surface area contributed by atoms with Crippen molar-refractivity contribution in [1.82, 2.24) is 0 Å². The zero-order valence-corrected chi connectivity index (χ0v) is 12.4. The molecule has 0 heteroatoms. The molecule has 1 aliphatic carbocycles. The Balaban J connectivity index is 0.000000325. The molecule has 0 aliphatic heterocycles. The molecule has 0 aromatic heterocycles. The van der Waals surface area contributed by atoms with Crippen molar-refractivity contribution in [3.8, 4) is 0 Å². The predicted molar refractivity (Wildman–Crippen MR) is 75.8 cm³/mol. The van der Waals surface area contributed by atoms with Crippen LogP contribution in [-0.4, -0.2) is 0 Å². The van der Waals surface area contributed by atoms with Crippen molar-refractivity contribution < 1.29 is 0 Å². The Morgan fingerprint density at radius 2 is 1.62 bits per heavy atom. The third kappa shape index (κ3) is 9.24. The van der Waals surface area contributed by atoms with Gasteiger partial charge in [0.2, 0.25) is 0 Å². The molecular weight excluding hydrogens is 192 g/mol. The molecule has 98 valence electrons. The summed E-state index contributed by atoms with van der Waals surface area (Å²) in [6, 6.07) is 0. The number of rotatable bonds is 6. The molecule has 1 aliphatic rings. The second-order valence-electron chi connectivity index (χ2n) is 6.12. The summed E-state index contributed by atoms with van der Waals surface area (Å²) < 4.78 is 0. The Morgan fingerprint density at radius 3 is 1.94 bits per heavy atom. The van der Waals surface area contributed by atoms with Crippen molar-refractivity contribution in [2.24, 2.45) is 17.8 Å². The van der Waals surface area contributed by atoms with E-state index in [-0.39, 0.29) is 0 Å². The van der Waals surface area contributed by atoms with E-state index < -0.39 is 0 Å². The number of hydrogen-bond acceptors (Lipinski definition) is 0. The van der Waals surface area contributed by atoms with Crippen LogP contribution in [0.4, 0.5) is 0 Å². The Kier molecular flexibility index (Phi) is 10.2. The maximum atomic E-state index is 2.37. The van der Waals surface area contributed by atoms with Gasteiger partial charge in [0.25, 0.3) is 0 Å². The van der Waals surface area contributed by atoms with E-state index in [2.05, 4.69) is 34.6 Å². The molecule has 0 atom stereocenters. The molecule has 0 aromatic carbocycles. The molecular formula is C16H34. The van der Waals surface area contributed by atoms with Gasteiger partial charge in [-0.05, 0) is 30.6 Å². The van der Waals surface area contributed by atoms with Crippen molar-refractivity contribution >= 4 is 0 Å². The first kappa shape index (κ1) is 16.0. The zero-order valence-electron chi connectivity index (χ0n) is 12.4. The summed E-state index contributed by atoms with van der Waals surface area (Å²) >= 11 is 0. The van der Waals surface area contributed by atoms with E-state index in [1.54, 1.807) is 0 Å². The monoisotopic (exact) mass is 226 g/mol. The molecule has 1 saturated carbocycles. The average Bonchev–Trinajstić information content (AvgIpc) is 2.16. The summed E-state index contributed by atoms with van der Waals surface area (Å²) in [4.78, 5) is 0. The molecule has 0 radical (unpaired) electrons. The molecule has 1 fully saturated rings. The molecule has 0 N–H and O–H groups in total. The summed E-state index contributed by atoms with van der Waals surface area (Å²) in [5.41, 5.74) is 0. The minimum absolute atomic E-state index is 0.898. The first-order valence-corrected chi connectivity index (χ1v) is 7.60. The third-order valence-electron chi connectivity index (χ3n) is 3.55. The van der Waals surface area contributed by atoms with E-state index in [9.17, 15) is 0 Å². The maximum absolute atomic E-state index is 2.37. The van der Waals surface area contributed by atoms with Crippen LogP contribution in [0.2, 0.25) is 0 Å². The van der Waals surface area contributed by atoms with E-state index in [0.717, 1.165) is 17.8 Å². The van der Waals surface area contributed by atoms with Crippen molar-refractivity contribution in [2.45, 2.75) is 86.0 Å². The number of hydrogen-bond donors (Lipinski definition) is 0. The summed E-state index contributed by atoms with van der Waals surface area (Å²) in [5.74, 6) is 3.06. The highest BCUT2D eigenvalue weighted by Gasteiger charge is 2.23. The van der Waals surface area contributed by atoms with Crippen LogP contribution in [0.3, 0.4) is 0 Å². The molecule has 0 amide bonds. The van der Waals surface area contributed by atoms with E-state index in [0.29, 0.717) is 0 Å². The van der Waals surface area contributed by atoms with Gasteiger partial charge >= 0.3 is 0 Å². The van der Waals surface area contributed by atoms with Crippen LogP contribution in [0.25, 0.3) is 0 Å². The SMILES string of the molecule is CCCC(C)C.CCCCCC1CC(C)C1. The lowest BCUT2D eigenvalue weighted by Gasteiger charge is -2.32. The van der Waals surface area contributed by atoms with Crippen LogP contribution in [0.15, 0.2) is 0 Å². The van der Waals surface area contributed by atoms with Crippen LogP contribution in [0.5, 0.6) is 0 Å². The molecule has 0 bridgehead atoms. The Bertz CT molecular complexity index is 131. The topological polar surface area (TPSA) is 0 Å². The summed E-state index contributed by atoms with van der Waals surface area (Å²) in [5, 5.41) is 0. The van der Waals surface area contributed by atoms with Gasteiger partial charge in [0.05, 0.1) is 0 Å². The van der Waals surface area contributed by atoms with E-state index in [1.807, 2.05) is 0 Å².